The third-order valence-electron chi connectivity index (χ3n) is 5.59. The molecule has 3 aromatic heterocycles. The first kappa shape index (κ1) is 19.0. The predicted molar refractivity (Wildman–Crippen MR) is 119 cm³/mol. The lowest BCUT2D eigenvalue weighted by Gasteiger charge is -2.22. The molecule has 0 amide bonds. The van der Waals surface area contributed by atoms with Crippen molar-refractivity contribution in [3.63, 3.8) is 0 Å². The Labute approximate surface area is 178 Å². The van der Waals surface area contributed by atoms with Gasteiger partial charge in [-0.2, -0.15) is 5.10 Å². The second-order valence-corrected chi connectivity index (χ2v) is 7.96. The summed E-state index contributed by atoms with van der Waals surface area (Å²) in [6.45, 7) is 2.06. The molecule has 0 bridgehead atoms. The van der Waals surface area contributed by atoms with Crippen LogP contribution in [0.25, 0.3) is 34.3 Å². The molecule has 0 saturated carbocycles. The highest BCUT2D eigenvalue weighted by molar-refractivity contribution is 6.32. The molecule has 7 heteroatoms. The van der Waals surface area contributed by atoms with Crippen LogP contribution in [0.2, 0.25) is 5.02 Å². The minimum absolute atomic E-state index is 0.344. The average molecular weight is 422 g/mol. The van der Waals surface area contributed by atoms with Gasteiger partial charge in [-0.1, -0.05) is 29.8 Å². The number of nitrogens with zero attached hydrogens (tertiary/aromatic N) is 3. The van der Waals surface area contributed by atoms with Gasteiger partial charge in [0.25, 0.3) is 0 Å². The van der Waals surface area contributed by atoms with Gasteiger partial charge in [0.05, 0.1) is 17.3 Å². The molecule has 1 aliphatic heterocycles. The Morgan fingerprint density at radius 1 is 1.07 bits per heavy atom. The number of pyridine rings is 1. The number of aromatic amines is 1. The molecule has 1 saturated heterocycles. The number of nitrogens with one attached hydrogen (secondary N) is 2. The van der Waals surface area contributed by atoms with Crippen molar-refractivity contribution < 1.29 is 4.39 Å². The van der Waals surface area contributed by atoms with E-state index in [-0.39, 0.29) is 5.82 Å². The third-order valence-corrected chi connectivity index (χ3v) is 5.91. The van der Waals surface area contributed by atoms with Gasteiger partial charge in [0, 0.05) is 40.7 Å². The highest BCUT2D eigenvalue weighted by Gasteiger charge is 2.16. The fourth-order valence-electron chi connectivity index (χ4n) is 3.89. The summed E-state index contributed by atoms with van der Waals surface area (Å²) in [6, 6.07) is 6.95. The Balaban J connectivity index is 1.44. The summed E-state index contributed by atoms with van der Waals surface area (Å²) in [5.74, 6) is -0.344. The van der Waals surface area contributed by atoms with Gasteiger partial charge in [-0.05, 0) is 49.7 Å². The maximum atomic E-state index is 13.3. The molecule has 5 nitrogen and oxygen atoms in total. The molecule has 0 radical (unpaired) electrons. The zero-order valence-electron chi connectivity index (χ0n) is 16.3. The van der Waals surface area contributed by atoms with E-state index in [2.05, 4.69) is 37.3 Å². The van der Waals surface area contributed by atoms with E-state index in [1.165, 1.54) is 12.1 Å². The first-order valence-corrected chi connectivity index (χ1v) is 10.4. The summed E-state index contributed by atoms with van der Waals surface area (Å²) in [6.07, 6.45) is 13.8. The molecular formula is C23H21ClFN5. The predicted octanol–water partition coefficient (Wildman–Crippen LogP) is 5.31. The summed E-state index contributed by atoms with van der Waals surface area (Å²) in [5, 5.41) is 9.38. The third kappa shape index (κ3) is 3.76. The SMILES string of the molecule is Fc1ccc(/C=C\c2c[nH]c3ncc(-c4cnn(C5CCNCC5)c4)cc23)c(Cl)c1. The van der Waals surface area contributed by atoms with Crippen LogP contribution < -0.4 is 5.32 Å². The molecule has 0 spiro atoms. The molecule has 1 aliphatic rings. The zero-order chi connectivity index (χ0) is 20.5. The normalized spacial score (nSPS) is 15.4. The molecule has 2 N–H and O–H groups in total. The molecule has 4 aromatic rings. The maximum Gasteiger partial charge on any atom is 0.137 e. The summed E-state index contributed by atoms with van der Waals surface area (Å²) < 4.78 is 15.3. The second-order valence-electron chi connectivity index (χ2n) is 7.55. The van der Waals surface area contributed by atoms with Crippen molar-refractivity contribution >= 4 is 34.8 Å². The van der Waals surface area contributed by atoms with E-state index < -0.39 is 0 Å². The van der Waals surface area contributed by atoms with Crippen LogP contribution in [0.4, 0.5) is 4.39 Å². The van der Waals surface area contributed by atoms with E-state index in [1.807, 2.05) is 30.7 Å². The van der Waals surface area contributed by atoms with E-state index >= 15 is 0 Å². The molecule has 0 unspecified atom stereocenters. The lowest BCUT2D eigenvalue weighted by atomic mass is 10.1. The highest BCUT2D eigenvalue weighted by Crippen LogP contribution is 2.28. The number of halogens is 2. The fourth-order valence-corrected chi connectivity index (χ4v) is 4.12. The Kier molecular flexibility index (Phi) is 5.11. The van der Waals surface area contributed by atoms with E-state index in [9.17, 15) is 4.39 Å². The number of fused-ring (bicyclic) bond motifs is 1. The summed E-state index contributed by atoms with van der Waals surface area (Å²) >= 11 is 6.13. The van der Waals surface area contributed by atoms with Crippen molar-refractivity contribution in [1.82, 2.24) is 25.1 Å². The molecule has 0 atom stereocenters. The number of rotatable bonds is 4. The van der Waals surface area contributed by atoms with Crippen LogP contribution in [0.3, 0.4) is 0 Å². The van der Waals surface area contributed by atoms with Crippen LogP contribution in [0.5, 0.6) is 0 Å². The largest absolute Gasteiger partial charge is 0.346 e. The highest BCUT2D eigenvalue weighted by atomic mass is 35.5. The van der Waals surface area contributed by atoms with Gasteiger partial charge in [-0.25, -0.2) is 9.37 Å². The Morgan fingerprint density at radius 2 is 1.90 bits per heavy atom. The minimum Gasteiger partial charge on any atom is -0.346 e. The van der Waals surface area contributed by atoms with Crippen LogP contribution in [0.15, 0.2) is 49.1 Å². The first-order valence-electron chi connectivity index (χ1n) is 10.0. The van der Waals surface area contributed by atoms with E-state index in [4.69, 9.17) is 11.6 Å². The van der Waals surface area contributed by atoms with E-state index in [0.29, 0.717) is 11.1 Å². The Hall–Kier alpha value is -2.96. The number of piperidine rings is 1. The number of benzene rings is 1. The number of H-pyrrole nitrogens is 1. The van der Waals surface area contributed by atoms with Crippen LogP contribution in [0.1, 0.15) is 30.0 Å². The lowest BCUT2D eigenvalue weighted by Crippen LogP contribution is -2.29. The molecular weight excluding hydrogens is 401 g/mol. The van der Waals surface area contributed by atoms with Crippen LogP contribution >= 0.6 is 11.6 Å². The van der Waals surface area contributed by atoms with Gasteiger partial charge in [0.1, 0.15) is 11.5 Å². The van der Waals surface area contributed by atoms with Crippen molar-refractivity contribution in [2.24, 2.45) is 0 Å². The van der Waals surface area contributed by atoms with Gasteiger partial charge in [0.2, 0.25) is 0 Å². The molecule has 1 fully saturated rings. The Bertz CT molecular complexity index is 1220. The van der Waals surface area contributed by atoms with Crippen molar-refractivity contribution in [3.05, 3.63) is 71.0 Å². The van der Waals surface area contributed by atoms with Crippen molar-refractivity contribution in [2.45, 2.75) is 18.9 Å². The van der Waals surface area contributed by atoms with Crippen molar-refractivity contribution in [1.29, 1.82) is 0 Å². The molecule has 4 heterocycles. The monoisotopic (exact) mass is 421 g/mol. The Morgan fingerprint density at radius 3 is 2.73 bits per heavy atom. The summed E-state index contributed by atoms with van der Waals surface area (Å²) in [4.78, 5) is 7.77. The smallest absolute Gasteiger partial charge is 0.137 e. The zero-order valence-corrected chi connectivity index (χ0v) is 17.0. The van der Waals surface area contributed by atoms with Gasteiger partial charge >= 0.3 is 0 Å². The fraction of sp³-hybridized carbons (Fsp3) is 0.217. The van der Waals surface area contributed by atoms with Gasteiger partial charge in [0.15, 0.2) is 0 Å². The molecule has 1 aromatic carbocycles. The lowest BCUT2D eigenvalue weighted by molar-refractivity contribution is 0.343. The van der Waals surface area contributed by atoms with Gasteiger partial charge < -0.3 is 10.3 Å². The van der Waals surface area contributed by atoms with Crippen molar-refractivity contribution in [2.75, 3.05) is 13.1 Å². The van der Waals surface area contributed by atoms with Crippen LogP contribution in [-0.4, -0.2) is 32.8 Å². The first-order chi connectivity index (χ1) is 14.7. The number of hydrogen-bond acceptors (Lipinski definition) is 3. The maximum absolute atomic E-state index is 13.3. The van der Waals surface area contributed by atoms with Crippen LogP contribution in [0, 0.1) is 5.82 Å². The standard InChI is InChI=1S/C23H21ClFN5/c24-22-10-19(25)4-3-15(22)1-2-16-11-27-23-21(16)9-17(12-28-23)18-13-29-30(14-18)20-5-7-26-8-6-20/h1-4,9-14,20,26H,5-8H2,(H,27,28)/b2-1-. The topological polar surface area (TPSA) is 58.5 Å². The molecule has 30 heavy (non-hydrogen) atoms. The van der Waals surface area contributed by atoms with E-state index in [0.717, 1.165) is 59.2 Å². The van der Waals surface area contributed by atoms with Gasteiger partial charge in [-0.15, -0.1) is 0 Å². The average Bonchev–Trinajstić information content (AvgIpc) is 3.41. The van der Waals surface area contributed by atoms with E-state index in [1.54, 1.807) is 6.07 Å². The second kappa shape index (κ2) is 8.05. The quantitative estimate of drug-likeness (QED) is 0.469. The van der Waals surface area contributed by atoms with Gasteiger partial charge in [-0.3, -0.25) is 4.68 Å². The summed E-state index contributed by atoms with van der Waals surface area (Å²) in [5.41, 5.74) is 4.65. The number of aromatic nitrogens is 4. The molecule has 5 rings (SSSR count). The number of hydrogen-bond donors (Lipinski definition) is 2. The van der Waals surface area contributed by atoms with Crippen LogP contribution in [-0.2, 0) is 0 Å². The van der Waals surface area contributed by atoms with Crippen molar-refractivity contribution in [3.8, 4) is 11.1 Å². The molecule has 0 aliphatic carbocycles. The summed E-state index contributed by atoms with van der Waals surface area (Å²) in [7, 11) is 0. The minimum atomic E-state index is -0.344. The molecule has 152 valence electrons.